The third-order valence-corrected chi connectivity index (χ3v) is 7.35. The van der Waals surface area contributed by atoms with Gasteiger partial charge in [-0.15, -0.1) is 0 Å². The maximum Gasteiger partial charge on any atom is 0.338 e. The lowest BCUT2D eigenvalue weighted by atomic mass is 10.0. The maximum absolute atomic E-state index is 13.0. The van der Waals surface area contributed by atoms with E-state index in [1.165, 1.54) is 23.4 Å². The van der Waals surface area contributed by atoms with Crippen molar-refractivity contribution in [3.8, 4) is 0 Å². The Morgan fingerprint density at radius 3 is 2.29 bits per heavy atom. The van der Waals surface area contributed by atoms with Gasteiger partial charge in [-0.1, -0.05) is 37.3 Å². The monoisotopic (exact) mass is 445 g/mol. The molecule has 31 heavy (non-hydrogen) atoms. The molecule has 0 spiro atoms. The number of rotatable bonds is 7. The second kappa shape index (κ2) is 9.72. The Balaban J connectivity index is 1.77. The van der Waals surface area contributed by atoms with E-state index >= 15 is 0 Å². The highest BCUT2D eigenvalue weighted by Crippen LogP contribution is 2.23. The van der Waals surface area contributed by atoms with Gasteiger partial charge in [0.25, 0.3) is 0 Å². The summed E-state index contributed by atoms with van der Waals surface area (Å²) in [5.41, 5.74) is 2.17. The summed E-state index contributed by atoms with van der Waals surface area (Å²) in [5, 5.41) is 0. The molecule has 8 heteroatoms. The average Bonchev–Trinajstić information content (AvgIpc) is 2.79. The maximum atomic E-state index is 13.0. The van der Waals surface area contributed by atoms with Crippen LogP contribution in [0.15, 0.2) is 47.4 Å². The van der Waals surface area contributed by atoms with Crippen molar-refractivity contribution in [3.63, 3.8) is 0 Å². The van der Waals surface area contributed by atoms with Gasteiger partial charge in [0.05, 0.1) is 23.7 Å². The number of aryl methyl sites for hydroxylation is 2. The second-order valence-electron chi connectivity index (χ2n) is 7.46. The van der Waals surface area contributed by atoms with Crippen LogP contribution in [0, 0.1) is 6.92 Å². The van der Waals surface area contributed by atoms with E-state index < -0.39 is 22.1 Å². The normalized spacial score (nSPS) is 16.0. The van der Waals surface area contributed by atoms with Gasteiger partial charge < -0.3 is 9.47 Å². The molecule has 1 heterocycles. The Morgan fingerprint density at radius 1 is 1.06 bits per heavy atom. The van der Waals surface area contributed by atoms with Crippen molar-refractivity contribution >= 4 is 21.8 Å². The van der Waals surface area contributed by atoms with Gasteiger partial charge in [-0.05, 0) is 43.5 Å². The number of ether oxygens (including phenoxy) is 2. The van der Waals surface area contributed by atoms with E-state index in [4.69, 9.17) is 9.47 Å². The summed E-state index contributed by atoms with van der Waals surface area (Å²) in [6.07, 6.45) is -0.136. The van der Waals surface area contributed by atoms with E-state index in [9.17, 15) is 18.0 Å². The van der Waals surface area contributed by atoms with Crippen LogP contribution in [0.25, 0.3) is 0 Å². The Labute approximate surface area is 183 Å². The molecule has 7 nitrogen and oxygen atoms in total. The molecule has 2 aromatic rings. The first-order valence-electron chi connectivity index (χ1n) is 10.3. The van der Waals surface area contributed by atoms with Crippen LogP contribution < -0.4 is 0 Å². The minimum atomic E-state index is -3.76. The summed E-state index contributed by atoms with van der Waals surface area (Å²) >= 11 is 0. The number of morpholine rings is 1. The van der Waals surface area contributed by atoms with Gasteiger partial charge in [0, 0.05) is 18.7 Å². The zero-order valence-electron chi connectivity index (χ0n) is 18.0. The molecule has 1 unspecified atom stereocenters. The second-order valence-corrected chi connectivity index (χ2v) is 9.37. The number of Topliss-reactive ketones (excluding diaryl/α,β-unsaturated/α-hetero) is 1. The summed E-state index contributed by atoms with van der Waals surface area (Å²) in [6, 6.07) is 11.5. The molecular formula is C23H27NO6S. The Hall–Kier alpha value is -2.55. The van der Waals surface area contributed by atoms with Crippen LogP contribution in [0.4, 0.5) is 0 Å². The number of nitrogens with zero attached hydrogens (tertiary/aromatic N) is 1. The molecule has 0 saturated carbocycles. The summed E-state index contributed by atoms with van der Waals surface area (Å²) in [5.74, 6) is -1.06. The van der Waals surface area contributed by atoms with E-state index in [1.807, 2.05) is 19.1 Å². The summed E-state index contributed by atoms with van der Waals surface area (Å²) in [6.45, 7) is 6.40. The van der Waals surface area contributed by atoms with E-state index in [1.54, 1.807) is 25.1 Å². The summed E-state index contributed by atoms with van der Waals surface area (Å²) in [4.78, 5) is 25.3. The third-order valence-electron chi connectivity index (χ3n) is 5.31. The predicted octanol–water partition coefficient (Wildman–Crippen LogP) is 3.01. The number of benzene rings is 2. The third kappa shape index (κ3) is 5.20. The number of carbonyl (C=O) groups excluding carboxylic acids is 2. The van der Waals surface area contributed by atoms with Crippen molar-refractivity contribution in [2.75, 3.05) is 26.3 Å². The average molecular weight is 446 g/mol. The van der Waals surface area contributed by atoms with Crippen LogP contribution in [-0.2, 0) is 25.9 Å². The number of hydrogen-bond donors (Lipinski definition) is 0. The highest BCUT2D eigenvalue weighted by atomic mass is 32.2. The summed E-state index contributed by atoms with van der Waals surface area (Å²) < 4.78 is 37.9. The fourth-order valence-corrected chi connectivity index (χ4v) is 5.01. The van der Waals surface area contributed by atoms with Gasteiger partial charge in [-0.2, -0.15) is 4.31 Å². The number of esters is 1. The minimum Gasteiger partial charge on any atom is -0.451 e. The Morgan fingerprint density at radius 2 is 1.68 bits per heavy atom. The van der Waals surface area contributed by atoms with Crippen molar-refractivity contribution in [1.82, 2.24) is 4.31 Å². The lowest BCUT2D eigenvalue weighted by Gasteiger charge is -2.26. The van der Waals surface area contributed by atoms with Crippen molar-refractivity contribution < 1.29 is 27.5 Å². The molecule has 166 valence electrons. The van der Waals surface area contributed by atoms with Gasteiger partial charge in [0.1, 0.15) is 0 Å². The molecule has 1 fully saturated rings. The van der Waals surface area contributed by atoms with Crippen LogP contribution >= 0.6 is 0 Å². The molecule has 1 aliphatic rings. The van der Waals surface area contributed by atoms with E-state index in [0.717, 1.165) is 12.0 Å². The summed E-state index contributed by atoms with van der Waals surface area (Å²) in [7, 11) is -3.76. The Bertz CT molecular complexity index is 1060. The van der Waals surface area contributed by atoms with Crippen LogP contribution in [0.5, 0.6) is 0 Å². The van der Waals surface area contributed by atoms with Crippen molar-refractivity contribution in [1.29, 1.82) is 0 Å². The molecule has 1 atom stereocenters. The minimum absolute atomic E-state index is 0.0537. The van der Waals surface area contributed by atoms with Gasteiger partial charge in [0.2, 0.25) is 15.8 Å². The first-order chi connectivity index (χ1) is 14.7. The number of sulfonamides is 1. The molecule has 0 amide bonds. The fourth-order valence-electron chi connectivity index (χ4n) is 3.35. The molecule has 1 saturated heterocycles. The zero-order valence-corrected chi connectivity index (χ0v) is 18.8. The van der Waals surface area contributed by atoms with Crippen molar-refractivity contribution in [3.05, 3.63) is 64.7 Å². The largest absolute Gasteiger partial charge is 0.451 e. The molecule has 0 radical (unpaired) electrons. The first kappa shape index (κ1) is 23.1. The lowest BCUT2D eigenvalue weighted by Crippen LogP contribution is -2.40. The number of hydrogen-bond acceptors (Lipinski definition) is 6. The van der Waals surface area contributed by atoms with E-state index in [-0.39, 0.29) is 29.3 Å². The van der Waals surface area contributed by atoms with Gasteiger partial charge in [-0.3, -0.25) is 4.79 Å². The molecule has 0 N–H and O–H groups in total. The zero-order chi connectivity index (χ0) is 22.6. The molecule has 0 aliphatic carbocycles. The van der Waals surface area contributed by atoms with Crippen molar-refractivity contribution in [2.24, 2.45) is 0 Å². The molecule has 2 aromatic carbocycles. The quantitative estimate of drug-likeness (QED) is 0.481. The topological polar surface area (TPSA) is 90.0 Å². The highest BCUT2D eigenvalue weighted by molar-refractivity contribution is 7.89. The van der Waals surface area contributed by atoms with Crippen LogP contribution in [0.3, 0.4) is 0 Å². The SMILES string of the molecule is CCc1ccc(C(=O)C(C)OC(=O)c2ccc(C)c(S(=O)(=O)N3CCOCC3)c2)cc1. The van der Waals surface area contributed by atoms with Crippen LogP contribution in [-0.4, -0.2) is 56.9 Å². The molecule has 3 rings (SSSR count). The van der Waals surface area contributed by atoms with Crippen LogP contribution in [0.2, 0.25) is 0 Å². The Kier molecular flexibility index (Phi) is 7.25. The number of carbonyl (C=O) groups is 2. The highest BCUT2D eigenvalue weighted by Gasteiger charge is 2.29. The van der Waals surface area contributed by atoms with Gasteiger partial charge >= 0.3 is 5.97 Å². The molecule has 0 bridgehead atoms. The standard InChI is InChI=1S/C23H27NO6S/c1-4-18-6-9-19(10-7-18)22(25)17(3)30-23(26)20-8-5-16(2)21(15-20)31(27,28)24-11-13-29-14-12-24/h5-10,15,17H,4,11-14H2,1-3H3. The fraction of sp³-hybridized carbons (Fsp3) is 0.391. The van der Waals surface area contributed by atoms with Crippen molar-refractivity contribution in [2.45, 2.75) is 38.2 Å². The first-order valence-corrected chi connectivity index (χ1v) is 11.7. The molecule has 1 aliphatic heterocycles. The van der Waals surface area contributed by atoms with Crippen LogP contribution in [0.1, 0.15) is 45.7 Å². The van der Waals surface area contributed by atoms with Gasteiger partial charge in [-0.25, -0.2) is 13.2 Å². The predicted molar refractivity (Wildman–Crippen MR) is 116 cm³/mol. The molecule has 0 aromatic heterocycles. The smallest absolute Gasteiger partial charge is 0.338 e. The number of ketones is 1. The van der Waals surface area contributed by atoms with E-state index in [2.05, 4.69) is 0 Å². The lowest BCUT2D eigenvalue weighted by molar-refractivity contribution is 0.0318. The molecular weight excluding hydrogens is 418 g/mol. The van der Waals surface area contributed by atoms with E-state index in [0.29, 0.717) is 24.3 Å². The van der Waals surface area contributed by atoms with Gasteiger partial charge in [0.15, 0.2) is 6.10 Å².